The van der Waals surface area contributed by atoms with Crippen LogP contribution in [-0.4, -0.2) is 16.0 Å². The minimum Gasteiger partial charge on any atom is -0.478 e. The molecule has 1 aliphatic heterocycles. The Morgan fingerprint density at radius 1 is 1.24 bits per heavy atom. The molecular formula is C19H16N2O4. The first-order chi connectivity index (χ1) is 12.0. The van der Waals surface area contributed by atoms with E-state index in [1.165, 1.54) is 6.07 Å². The number of nitro benzene ring substituents is 1. The summed E-state index contributed by atoms with van der Waals surface area (Å²) in [4.78, 5) is 22.0. The molecule has 126 valence electrons. The molecule has 3 atom stereocenters. The van der Waals surface area contributed by atoms with Gasteiger partial charge >= 0.3 is 5.97 Å². The number of benzene rings is 2. The van der Waals surface area contributed by atoms with Gasteiger partial charge in [-0.05, 0) is 41.7 Å². The quantitative estimate of drug-likeness (QED) is 0.500. The molecule has 0 radical (unpaired) electrons. The maximum absolute atomic E-state index is 11.3. The van der Waals surface area contributed by atoms with E-state index in [0.29, 0.717) is 0 Å². The molecule has 0 bridgehead atoms. The van der Waals surface area contributed by atoms with E-state index in [9.17, 15) is 20.0 Å². The van der Waals surface area contributed by atoms with Crippen molar-refractivity contribution in [1.82, 2.24) is 0 Å². The van der Waals surface area contributed by atoms with E-state index in [2.05, 4.69) is 17.5 Å². The summed E-state index contributed by atoms with van der Waals surface area (Å²) in [6.45, 7) is 0. The average Bonchev–Trinajstić information content (AvgIpc) is 3.10. The van der Waals surface area contributed by atoms with Gasteiger partial charge in [-0.15, -0.1) is 0 Å². The van der Waals surface area contributed by atoms with Crippen molar-refractivity contribution in [3.05, 3.63) is 81.4 Å². The first-order valence-corrected chi connectivity index (χ1v) is 8.09. The number of fused-ring (bicyclic) bond motifs is 3. The number of hydrogen-bond donors (Lipinski definition) is 2. The van der Waals surface area contributed by atoms with Gasteiger partial charge in [-0.25, -0.2) is 4.79 Å². The molecule has 2 aliphatic rings. The summed E-state index contributed by atoms with van der Waals surface area (Å²) < 4.78 is 0. The molecule has 2 N–H and O–H groups in total. The molecule has 0 saturated carbocycles. The van der Waals surface area contributed by atoms with E-state index < -0.39 is 5.97 Å². The zero-order valence-corrected chi connectivity index (χ0v) is 13.3. The van der Waals surface area contributed by atoms with E-state index >= 15 is 0 Å². The maximum atomic E-state index is 11.3. The van der Waals surface area contributed by atoms with Gasteiger partial charge in [0.25, 0.3) is 5.69 Å². The summed E-state index contributed by atoms with van der Waals surface area (Å²) in [5, 5.41) is 23.8. The molecule has 25 heavy (non-hydrogen) atoms. The number of nitrogens with zero attached hydrogens (tertiary/aromatic N) is 1. The minimum atomic E-state index is -0.942. The number of hydrogen-bond acceptors (Lipinski definition) is 4. The van der Waals surface area contributed by atoms with E-state index in [1.807, 2.05) is 6.07 Å². The van der Waals surface area contributed by atoms with Crippen LogP contribution in [0.1, 0.15) is 39.9 Å². The second kappa shape index (κ2) is 5.73. The number of anilines is 1. The van der Waals surface area contributed by atoms with Gasteiger partial charge in [0.2, 0.25) is 0 Å². The molecule has 6 nitrogen and oxygen atoms in total. The number of nitro groups is 1. The van der Waals surface area contributed by atoms with Crippen molar-refractivity contribution in [1.29, 1.82) is 0 Å². The van der Waals surface area contributed by atoms with Gasteiger partial charge in [0, 0.05) is 23.7 Å². The van der Waals surface area contributed by atoms with Crippen molar-refractivity contribution in [3.63, 3.8) is 0 Å². The summed E-state index contributed by atoms with van der Waals surface area (Å²) >= 11 is 0. The largest absolute Gasteiger partial charge is 0.478 e. The number of carboxylic acid groups (broad SMARTS) is 1. The topological polar surface area (TPSA) is 92.5 Å². The van der Waals surface area contributed by atoms with Crippen LogP contribution in [0.25, 0.3) is 0 Å². The number of carbonyl (C=O) groups is 1. The zero-order chi connectivity index (χ0) is 17.6. The monoisotopic (exact) mass is 336 g/mol. The number of nitrogens with one attached hydrogen (secondary N) is 1. The smallest absolute Gasteiger partial charge is 0.335 e. The van der Waals surface area contributed by atoms with E-state index in [1.54, 1.807) is 30.3 Å². The number of non-ortho nitro benzene ring substituents is 1. The van der Waals surface area contributed by atoms with E-state index in [0.717, 1.165) is 23.2 Å². The first-order valence-electron chi connectivity index (χ1n) is 8.09. The highest BCUT2D eigenvalue weighted by atomic mass is 16.6. The van der Waals surface area contributed by atoms with Crippen LogP contribution in [0.5, 0.6) is 0 Å². The SMILES string of the molecule is O=C(O)c1ccc2c(c1)[C@@H]1C=CC[C@@H]1[C@H](c1cccc([N+](=O)[O-])c1)N2. The van der Waals surface area contributed by atoms with Crippen LogP contribution in [0.2, 0.25) is 0 Å². The summed E-state index contributed by atoms with van der Waals surface area (Å²) in [5.41, 5.74) is 3.08. The number of allylic oxidation sites excluding steroid dienone is 2. The Balaban J connectivity index is 1.77. The highest BCUT2D eigenvalue weighted by molar-refractivity contribution is 5.89. The Morgan fingerprint density at radius 3 is 2.84 bits per heavy atom. The highest BCUT2D eigenvalue weighted by Gasteiger charge is 2.38. The molecule has 1 heterocycles. The summed E-state index contributed by atoms with van der Waals surface area (Å²) in [5.74, 6) is -0.625. The Morgan fingerprint density at radius 2 is 2.08 bits per heavy atom. The van der Waals surface area contributed by atoms with Gasteiger partial charge in [0.05, 0.1) is 16.5 Å². The van der Waals surface area contributed by atoms with Crippen molar-refractivity contribution >= 4 is 17.3 Å². The fourth-order valence-electron chi connectivity index (χ4n) is 3.89. The first kappa shape index (κ1) is 15.4. The fourth-order valence-corrected chi connectivity index (χ4v) is 3.89. The Labute approximate surface area is 144 Å². The molecular weight excluding hydrogens is 320 g/mol. The second-order valence-corrected chi connectivity index (χ2v) is 6.43. The van der Waals surface area contributed by atoms with Crippen molar-refractivity contribution < 1.29 is 14.8 Å². The number of aromatic carboxylic acids is 1. The van der Waals surface area contributed by atoms with Crippen LogP contribution in [-0.2, 0) is 0 Å². The van der Waals surface area contributed by atoms with Gasteiger partial charge in [-0.3, -0.25) is 10.1 Å². The van der Waals surface area contributed by atoms with Crippen molar-refractivity contribution in [2.75, 3.05) is 5.32 Å². The molecule has 0 saturated heterocycles. The van der Waals surface area contributed by atoms with Crippen LogP contribution in [0.4, 0.5) is 11.4 Å². The van der Waals surface area contributed by atoms with Crippen LogP contribution in [0.15, 0.2) is 54.6 Å². The third-order valence-corrected chi connectivity index (χ3v) is 5.05. The Hall–Kier alpha value is -3.15. The lowest BCUT2D eigenvalue weighted by Crippen LogP contribution is -2.29. The lowest BCUT2D eigenvalue weighted by atomic mass is 9.76. The predicted octanol–water partition coefficient (Wildman–Crippen LogP) is 4.12. The molecule has 0 aromatic heterocycles. The number of carboxylic acids is 1. The third kappa shape index (κ3) is 2.55. The molecule has 0 amide bonds. The summed E-state index contributed by atoms with van der Waals surface area (Å²) in [6.07, 6.45) is 5.06. The molecule has 2 aromatic carbocycles. The second-order valence-electron chi connectivity index (χ2n) is 6.43. The van der Waals surface area contributed by atoms with Crippen molar-refractivity contribution in [3.8, 4) is 0 Å². The van der Waals surface area contributed by atoms with Gasteiger partial charge in [-0.2, -0.15) is 0 Å². The standard InChI is InChI=1S/C19H16N2O4/c22-19(23)12-7-8-17-16(10-12)14-5-2-6-15(14)18(20-17)11-3-1-4-13(9-11)21(24)25/h1-5,7-10,14-15,18,20H,6H2,(H,22,23)/t14-,15+,18+/m1/s1. The van der Waals surface area contributed by atoms with E-state index in [-0.39, 0.29) is 34.1 Å². The molecule has 0 fully saturated rings. The van der Waals surface area contributed by atoms with Gasteiger partial charge in [-0.1, -0.05) is 24.3 Å². The molecule has 6 heteroatoms. The van der Waals surface area contributed by atoms with Crippen molar-refractivity contribution in [2.24, 2.45) is 5.92 Å². The molecule has 0 unspecified atom stereocenters. The highest BCUT2D eigenvalue weighted by Crippen LogP contribution is 2.50. The van der Waals surface area contributed by atoms with Gasteiger partial charge < -0.3 is 10.4 Å². The minimum absolute atomic E-state index is 0.0527. The normalized spacial score (nSPS) is 23.4. The maximum Gasteiger partial charge on any atom is 0.335 e. The van der Waals surface area contributed by atoms with Gasteiger partial charge in [0.15, 0.2) is 0 Å². The Kier molecular flexibility index (Phi) is 3.53. The predicted molar refractivity (Wildman–Crippen MR) is 92.8 cm³/mol. The summed E-state index contributed by atoms with van der Waals surface area (Å²) in [6, 6.07) is 11.7. The van der Waals surface area contributed by atoms with E-state index in [4.69, 9.17) is 0 Å². The number of rotatable bonds is 3. The van der Waals surface area contributed by atoms with Crippen molar-refractivity contribution in [2.45, 2.75) is 18.4 Å². The molecule has 4 rings (SSSR count). The third-order valence-electron chi connectivity index (χ3n) is 5.05. The zero-order valence-electron chi connectivity index (χ0n) is 13.3. The van der Waals surface area contributed by atoms with Crippen LogP contribution in [0, 0.1) is 16.0 Å². The summed E-state index contributed by atoms with van der Waals surface area (Å²) in [7, 11) is 0. The van der Waals surface area contributed by atoms with Crippen LogP contribution < -0.4 is 5.32 Å². The molecule has 1 aliphatic carbocycles. The lowest BCUT2D eigenvalue weighted by molar-refractivity contribution is -0.384. The molecule has 0 spiro atoms. The lowest BCUT2D eigenvalue weighted by Gasteiger charge is -2.37. The Bertz CT molecular complexity index is 906. The van der Waals surface area contributed by atoms with Crippen LogP contribution >= 0.6 is 0 Å². The average molecular weight is 336 g/mol. The fraction of sp³-hybridized carbons (Fsp3) is 0.211. The molecule has 2 aromatic rings. The van der Waals surface area contributed by atoms with Crippen LogP contribution in [0.3, 0.4) is 0 Å². The van der Waals surface area contributed by atoms with Gasteiger partial charge in [0.1, 0.15) is 0 Å².